The lowest BCUT2D eigenvalue weighted by Gasteiger charge is -2.40. The number of nitrogens with one attached hydrogen (secondary N) is 1. The van der Waals surface area contributed by atoms with E-state index >= 15 is 4.39 Å². The number of nitrogens with zero attached hydrogens (tertiary/aromatic N) is 3. The molecule has 0 radical (unpaired) electrons. The van der Waals surface area contributed by atoms with E-state index in [0.717, 1.165) is 25.1 Å². The highest BCUT2D eigenvalue weighted by atomic mass is 35.5. The Balaban J connectivity index is 1.48. The fraction of sp³-hybridized carbons (Fsp3) is 0.276. The van der Waals surface area contributed by atoms with Crippen LogP contribution >= 0.6 is 23.2 Å². The van der Waals surface area contributed by atoms with Gasteiger partial charge in [-0.25, -0.2) is 14.2 Å². The molecular weight excluding hydrogens is 542 g/mol. The van der Waals surface area contributed by atoms with Gasteiger partial charge >= 0.3 is 5.97 Å². The number of carbonyl (C=O) groups excluding carboxylic acids is 1. The molecule has 1 fully saturated rings. The first-order valence-corrected chi connectivity index (χ1v) is 13.6. The summed E-state index contributed by atoms with van der Waals surface area (Å²) in [6.07, 6.45) is 2.23. The monoisotopic (exact) mass is 564 g/mol. The SMILES string of the molecule is O=C(O)c1ccc2nc3n(c2c1)C[C@@H]1[C@H]3[C@@H](c2cccc(Cl)c2F)C(=O)Nc2cc(Cl)ccc2N1CC1CC1. The van der Waals surface area contributed by atoms with Crippen molar-refractivity contribution in [2.75, 3.05) is 16.8 Å². The molecule has 198 valence electrons. The minimum absolute atomic E-state index is 0.0604. The van der Waals surface area contributed by atoms with E-state index in [4.69, 9.17) is 28.2 Å². The van der Waals surface area contributed by atoms with E-state index < -0.39 is 23.6 Å². The Kier molecular flexibility index (Phi) is 5.61. The van der Waals surface area contributed by atoms with Crippen LogP contribution < -0.4 is 10.2 Å². The normalized spacial score (nSPS) is 22.1. The van der Waals surface area contributed by atoms with Crippen LogP contribution in [0, 0.1) is 11.7 Å². The van der Waals surface area contributed by atoms with E-state index in [0.29, 0.717) is 40.0 Å². The van der Waals surface area contributed by atoms with Gasteiger partial charge < -0.3 is 19.9 Å². The number of hydrogen-bond acceptors (Lipinski definition) is 4. The molecule has 3 aliphatic rings. The molecule has 0 bridgehead atoms. The molecule has 0 spiro atoms. The fourth-order valence-corrected chi connectivity index (χ4v) is 6.53. The van der Waals surface area contributed by atoms with Crippen LogP contribution in [-0.2, 0) is 11.3 Å². The van der Waals surface area contributed by atoms with Crippen LogP contribution in [0.5, 0.6) is 0 Å². The van der Waals surface area contributed by atoms with Gasteiger partial charge in [-0.15, -0.1) is 0 Å². The molecule has 10 heteroatoms. The summed E-state index contributed by atoms with van der Waals surface area (Å²) in [5.41, 5.74) is 3.06. The number of benzene rings is 3. The van der Waals surface area contributed by atoms with E-state index in [1.54, 1.807) is 36.4 Å². The van der Waals surface area contributed by atoms with Gasteiger partial charge in [0.05, 0.1) is 50.9 Å². The quantitative estimate of drug-likeness (QED) is 0.304. The van der Waals surface area contributed by atoms with Crippen molar-refractivity contribution in [3.63, 3.8) is 0 Å². The second-order valence-corrected chi connectivity index (χ2v) is 11.4. The lowest BCUT2D eigenvalue weighted by Crippen LogP contribution is -2.46. The number of aromatic carboxylic acids is 1. The predicted octanol–water partition coefficient (Wildman–Crippen LogP) is 6.30. The number of amides is 1. The smallest absolute Gasteiger partial charge is 0.335 e. The lowest BCUT2D eigenvalue weighted by atomic mass is 9.79. The molecule has 3 aromatic carbocycles. The molecule has 7 nitrogen and oxygen atoms in total. The van der Waals surface area contributed by atoms with Crippen molar-refractivity contribution in [1.82, 2.24) is 9.55 Å². The average Bonchev–Trinajstić information content (AvgIpc) is 3.56. The van der Waals surface area contributed by atoms with Crippen LogP contribution in [0.25, 0.3) is 11.0 Å². The Morgan fingerprint density at radius 1 is 1.13 bits per heavy atom. The van der Waals surface area contributed by atoms with Gasteiger partial charge in [-0.05, 0) is 61.2 Å². The molecule has 0 unspecified atom stereocenters. The standard InChI is InChI=1S/C29H23Cl2FN4O3/c30-16-7-9-21-20(11-16)34-28(37)24(17-2-1-3-18(31)26(17)32)25-23(35(21)12-14-4-5-14)13-36-22-10-15(29(38)39)6-8-19(22)33-27(25)36/h1-3,6-11,14,23-25H,4-5,12-13H2,(H,34,37)(H,38,39)/t23-,24-,25+/m1/s1. The van der Waals surface area contributed by atoms with Crippen molar-refractivity contribution in [2.45, 2.75) is 37.3 Å². The number of hydrogen-bond donors (Lipinski definition) is 2. The number of aromatic nitrogens is 2. The largest absolute Gasteiger partial charge is 0.478 e. The molecule has 1 aliphatic carbocycles. The molecule has 4 aromatic rings. The first-order chi connectivity index (χ1) is 18.8. The molecule has 1 aromatic heterocycles. The number of carboxylic acid groups (broad SMARTS) is 1. The zero-order valence-corrected chi connectivity index (χ0v) is 22.1. The number of rotatable bonds is 4. The minimum atomic E-state index is -1.03. The molecule has 3 heterocycles. The third-order valence-corrected chi connectivity index (χ3v) is 8.67. The maximum atomic E-state index is 15.6. The number of imidazole rings is 1. The van der Waals surface area contributed by atoms with Crippen molar-refractivity contribution in [2.24, 2.45) is 5.92 Å². The molecular formula is C29H23Cl2FN4O3. The molecule has 2 N–H and O–H groups in total. The molecule has 1 amide bonds. The van der Waals surface area contributed by atoms with Gasteiger partial charge in [0.15, 0.2) is 0 Å². The molecule has 39 heavy (non-hydrogen) atoms. The fourth-order valence-electron chi connectivity index (χ4n) is 6.18. The predicted molar refractivity (Wildman–Crippen MR) is 148 cm³/mol. The van der Waals surface area contributed by atoms with E-state index in [2.05, 4.69) is 10.2 Å². The van der Waals surface area contributed by atoms with Crippen molar-refractivity contribution < 1.29 is 19.1 Å². The first-order valence-electron chi connectivity index (χ1n) is 12.8. The Labute approximate surface area is 233 Å². The Morgan fingerprint density at radius 3 is 2.72 bits per heavy atom. The van der Waals surface area contributed by atoms with Gasteiger partial charge in [0.25, 0.3) is 0 Å². The zero-order chi connectivity index (χ0) is 27.0. The van der Waals surface area contributed by atoms with Gasteiger partial charge in [0.2, 0.25) is 5.91 Å². The number of carboxylic acids is 1. The molecule has 3 atom stereocenters. The van der Waals surface area contributed by atoms with Crippen molar-refractivity contribution in [3.05, 3.63) is 87.4 Å². The second kappa shape index (κ2) is 8.96. The Hall–Kier alpha value is -3.62. The average molecular weight is 565 g/mol. The van der Waals surface area contributed by atoms with Crippen molar-refractivity contribution in [3.8, 4) is 0 Å². The summed E-state index contributed by atoms with van der Waals surface area (Å²) in [4.78, 5) is 33.0. The van der Waals surface area contributed by atoms with Gasteiger partial charge in [0, 0.05) is 23.7 Å². The van der Waals surface area contributed by atoms with Crippen LogP contribution in [0.4, 0.5) is 15.8 Å². The highest BCUT2D eigenvalue weighted by molar-refractivity contribution is 6.31. The van der Waals surface area contributed by atoms with Crippen LogP contribution in [0.15, 0.2) is 54.6 Å². The summed E-state index contributed by atoms with van der Waals surface area (Å²) < 4.78 is 17.6. The number of fused-ring (bicyclic) bond motifs is 6. The topological polar surface area (TPSA) is 87.5 Å². The molecule has 7 rings (SSSR count). The third-order valence-electron chi connectivity index (χ3n) is 8.14. The molecule has 0 saturated heterocycles. The highest BCUT2D eigenvalue weighted by Crippen LogP contribution is 2.50. The number of carbonyl (C=O) groups is 2. The number of halogens is 3. The van der Waals surface area contributed by atoms with E-state index in [1.807, 2.05) is 10.6 Å². The van der Waals surface area contributed by atoms with Gasteiger partial charge in [-0.2, -0.15) is 0 Å². The van der Waals surface area contributed by atoms with E-state index in [9.17, 15) is 14.7 Å². The molecule has 1 saturated carbocycles. The summed E-state index contributed by atoms with van der Waals surface area (Å²) in [5.74, 6) is -2.39. The van der Waals surface area contributed by atoms with E-state index in [1.165, 1.54) is 12.1 Å². The zero-order valence-electron chi connectivity index (χ0n) is 20.6. The van der Waals surface area contributed by atoms with Crippen LogP contribution in [0.2, 0.25) is 10.0 Å². The highest BCUT2D eigenvalue weighted by Gasteiger charge is 2.50. The summed E-state index contributed by atoms with van der Waals surface area (Å²) in [6, 6.07) is 14.7. The summed E-state index contributed by atoms with van der Waals surface area (Å²) in [7, 11) is 0. The van der Waals surface area contributed by atoms with Gasteiger partial charge in [0.1, 0.15) is 11.6 Å². The Morgan fingerprint density at radius 2 is 1.95 bits per heavy atom. The maximum absolute atomic E-state index is 15.6. The third kappa shape index (κ3) is 3.96. The minimum Gasteiger partial charge on any atom is -0.478 e. The summed E-state index contributed by atoms with van der Waals surface area (Å²) in [6.45, 7) is 1.22. The maximum Gasteiger partial charge on any atom is 0.335 e. The second-order valence-electron chi connectivity index (χ2n) is 10.5. The van der Waals surface area contributed by atoms with Crippen LogP contribution in [0.3, 0.4) is 0 Å². The van der Waals surface area contributed by atoms with Crippen molar-refractivity contribution >= 4 is 57.5 Å². The Bertz CT molecular complexity index is 1680. The molecule has 2 aliphatic heterocycles. The van der Waals surface area contributed by atoms with E-state index in [-0.39, 0.29) is 28.1 Å². The van der Waals surface area contributed by atoms with Crippen LogP contribution in [-0.4, -0.2) is 39.1 Å². The summed E-state index contributed by atoms with van der Waals surface area (Å²) >= 11 is 12.6. The van der Waals surface area contributed by atoms with Gasteiger partial charge in [-0.1, -0.05) is 35.3 Å². The summed E-state index contributed by atoms with van der Waals surface area (Å²) in [5, 5.41) is 13.1. The number of anilines is 2. The van der Waals surface area contributed by atoms with Crippen molar-refractivity contribution in [1.29, 1.82) is 0 Å². The van der Waals surface area contributed by atoms with Gasteiger partial charge in [-0.3, -0.25) is 4.79 Å². The lowest BCUT2D eigenvalue weighted by molar-refractivity contribution is -0.118. The van der Waals surface area contributed by atoms with Crippen LogP contribution in [0.1, 0.15) is 46.4 Å². The first kappa shape index (κ1) is 24.4.